The van der Waals surface area contributed by atoms with Crippen LogP contribution in [0.15, 0.2) is 57.9 Å². The van der Waals surface area contributed by atoms with Crippen molar-refractivity contribution in [2.45, 2.75) is 6.92 Å². The van der Waals surface area contributed by atoms with Gasteiger partial charge in [-0.3, -0.25) is 4.79 Å². The molecule has 0 aliphatic carbocycles. The molecule has 2 N–H and O–H groups in total. The van der Waals surface area contributed by atoms with E-state index in [4.69, 9.17) is 19.6 Å². The molecule has 0 aliphatic heterocycles. The van der Waals surface area contributed by atoms with E-state index in [2.05, 4.69) is 4.99 Å². The first kappa shape index (κ1) is 16.6. The molecule has 0 saturated carbocycles. The van der Waals surface area contributed by atoms with E-state index >= 15 is 0 Å². The maximum Gasteiger partial charge on any atom is 0.254 e. The van der Waals surface area contributed by atoms with Gasteiger partial charge < -0.3 is 19.6 Å². The summed E-state index contributed by atoms with van der Waals surface area (Å²) < 4.78 is 16.6. The number of carbonyl (C=O) groups is 1. The zero-order valence-electron chi connectivity index (χ0n) is 14.0. The lowest BCUT2D eigenvalue weighted by molar-refractivity contribution is 0.0996. The van der Waals surface area contributed by atoms with E-state index < -0.39 is 5.91 Å². The number of nitrogens with zero attached hydrogens (tertiary/aromatic N) is 1. The van der Waals surface area contributed by atoms with Crippen LogP contribution < -0.4 is 20.8 Å². The van der Waals surface area contributed by atoms with Gasteiger partial charge >= 0.3 is 0 Å². The standard InChI is InChI=1S/C19H18N2O4/c1-3-24-16-6-4-5-12-11-15(18(20)22)19(25-17(12)16)21-13-7-9-14(23-2)10-8-13/h4-11H,3H2,1-2H3,(H2,20,22). The fourth-order valence-electron chi connectivity index (χ4n) is 2.43. The van der Waals surface area contributed by atoms with Crippen molar-refractivity contribution in [1.29, 1.82) is 0 Å². The van der Waals surface area contributed by atoms with Crippen LogP contribution in [0.25, 0.3) is 11.0 Å². The summed E-state index contributed by atoms with van der Waals surface area (Å²) in [6.07, 6.45) is 0. The van der Waals surface area contributed by atoms with Gasteiger partial charge in [-0.15, -0.1) is 0 Å². The van der Waals surface area contributed by atoms with Crippen molar-refractivity contribution in [2.24, 2.45) is 10.7 Å². The SMILES string of the molecule is CCOc1cccc2cc(C(N)=O)c(=Nc3ccc(OC)cc3)oc12. The van der Waals surface area contributed by atoms with Crippen LogP contribution in [0, 0.1) is 0 Å². The number of rotatable bonds is 5. The maximum atomic E-state index is 11.8. The van der Waals surface area contributed by atoms with Crippen molar-refractivity contribution in [3.8, 4) is 11.5 Å². The average molecular weight is 338 g/mol. The summed E-state index contributed by atoms with van der Waals surface area (Å²) in [4.78, 5) is 16.2. The van der Waals surface area contributed by atoms with E-state index in [9.17, 15) is 4.79 Å². The van der Waals surface area contributed by atoms with Crippen LogP contribution in [0.5, 0.6) is 11.5 Å². The minimum absolute atomic E-state index is 0.136. The number of para-hydroxylation sites is 1. The van der Waals surface area contributed by atoms with Crippen LogP contribution in [-0.2, 0) is 0 Å². The maximum absolute atomic E-state index is 11.8. The van der Waals surface area contributed by atoms with Crippen molar-refractivity contribution < 1.29 is 18.7 Å². The summed E-state index contributed by atoms with van der Waals surface area (Å²) in [6, 6.07) is 14.2. The normalized spacial score (nSPS) is 11.5. The highest BCUT2D eigenvalue weighted by molar-refractivity contribution is 5.96. The molecule has 1 heterocycles. The highest BCUT2D eigenvalue weighted by atomic mass is 16.5. The number of benzene rings is 2. The molecule has 3 aromatic rings. The molecule has 1 amide bonds. The second-order valence-corrected chi connectivity index (χ2v) is 5.25. The molecule has 0 bridgehead atoms. The number of fused-ring (bicyclic) bond motifs is 1. The summed E-state index contributed by atoms with van der Waals surface area (Å²) in [5.41, 5.74) is 6.96. The van der Waals surface area contributed by atoms with Crippen LogP contribution in [-0.4, -0.2) is 19.6 Å². The van der Waals surface area contributed by atoms with Gasteiger partial charge in [0.2, 0.25) is 5.55 Å². The summed E-state index contributed by atoms with van der Waals surface area (Å²) in [5.74, 6) is 0.685. The largest absolute Gasteiger partial charge is 0.497 e. The summed E-state index contributed by atoms with van der Waals surface area (Å²) in [6.45, 7) is 2.39. The molecule has 0 spiro atoms. The lowest BCUT2D eigenvalue weighted by Gasteiger charge is -2.07. The van der Waals surface area contributed by atoms with Crippen molar-refractivity contribution in [3.63, 3.8) is 0 Å². The first-order chi connectivity index (χ1) is 12.1. The van der Waals surface area contributed by atoms with E-state index in [1.54, 1.807) is 43.5 Å². The zero-order chi connectivity index (χ0) is 17.8. The van der Waals surface area contributed by atoms with Crippen molar-refractivity contribution >= 4 is 22.6 Å². The Morgan fingerprint density at radius 1 is 1.20 bits per heavy atom. The predicted octanol–water partition coefficient (Wildman–Crippen LogP) is 3.17. The Hall–Kier alpha value is -3.28. The van der Waals surface area contributed by atoms with Gasteiger partial charge in [-0.25, -0.2) is 4.99 Å². The summed E-state index contributed by atoms with van der Waals surface area (Å²) in [7, 11) is 1.59. The van der Waals surface area contributed by atoms with Gasteiger partial charge in [0.25, 0.3) is 5.91 Å². The number of hydrogen-bond donors (Lipinski definition) is 1. The molecule has 25 heavy (non-hydrogen) atoms. The van der Waals surface area contributed by atoms with Crippen LogP contribution >= 0.6 is 0 Å². The number of primary amides is 1. The number of hydrogen-bond acceptors (Lipinski definition) is 5. The number of amides is 1. The Kier molecular flexibility index (Phi) is 4.70. The van der Waals surface area contributed by atoms with Gasteiger partial charge in [-0.1, -0.05) is 12.1 Å². The second kappa shape index (κ2) is 7.09. The van der Waals surface area contributed by atoms with Gasteiger partial charge in [-0.2, -0.15) is 0 Å². The highest BCUT2D eigenvalue weighted by Gasteiger charge is 2.12. The minimum Gasteiger partial charge on any atom is -0.497 e. The first-order valence-electron chi connectivity index (χ1n) is 7.80. The van der Waals surface area contributed by atoms with Crippen LogP contribution in [0.1, 0.15) is 17.3 Å². The van der Waals surface area contributed by atoms with E-state index in [0.717, 1.165) is 0 Å². The van der Waals surface area contributed by atoms with E-state index in [1.165, 1.54) is 0 Å². The van der Waals surface area contributed by atoms with Crippen molar-refractivity contribution in [3.05, 3.63) is 59.6 Å². The third kappa shape index (κ3) is 3.47. The van der Waals surface area contributed by atoms with Crippen molar-refractivity contribution in [2.75, 3.05) is 13.7 Å². The molecule has 128 valence electrons. The highest BCUT2D eigenvalue weighted by Crippen LogP contribution is 2.25. The van der Waals surface area contributed by atoms with E-state index in [1.807, 2.05) is 19.1 Å². The molecule has 0 aliphatic rings. The lowest BCUT2D eigenvalue weighted by atomic mass is 10.1. The Balaban J connectivity index is 2.23. The molecular formula is C19H18N2O4. The van der Waals surface area contributed by atoms with Gasteiger partial charge in [0.05, 0.1) is 19.4 Å². The number of methoxy groups -OCH3 is 1. The lowest BCUT2D eigenvalue weighted by Crippen LogP contribution is -2.21. The molecule has 3 rings (SSSR count). The van der Waals surface area contributed by atoms with Crippen molar-refractivity contribution in [1.82, 2.24) is 0 Å². The molecule has 0 unspecified atom stereocenters. The van der Waals surface area contributed by atoms with Gasteiger partial charge in [0.15, 0.2) is 11.3 Å². The van der Waals surface area contributed by atoms with Crippen LogP contribution in [0.4, 0.5) is 5.69 Å². The zero-order valence-corrected chi connectivity index (χ0v) is 14.0. The summed E-state index contributed by atoms with van der Waals surface area (Å²) >= 11 is 0. The second-order valence-electron chi connectivity index (χ2n) is 5.25. The third-order valence-electron chi connectivity index (χ3n) is 3.61. The van der Waals surface area contributed by atoms with Gasteiger partial charge in [0, 0.05) is 5.39 Å². The molecule has 0 saturated heterocycles. The molecule has 6 heteroatoms. The molecular weight excluding hydrogens is 320 g/mol. The number of ether oxygens (including phenoxy) is 2. The Bertz CT molecular complexity index is 975. The predicted molar refractivity (Wildman–Crippen MR) is 94.1 cm³/mol. The van der Waals surface area contributed by atoms with Gasteiger partial charge in [-0.05, 0) is 43.3 Å². The van der Waals surface area contributed by atoms with E-state index in [-0.39, 0.29) is 11.1 Å². The Morgan fingerprint density at radius 3 is 2.60 bits per heavy atom. The minimum atomic E-state index is -0.611. The quantitative estimate of drug-likeness (QED) is 0.774. The topological polar surface area (TPSA) is 87.1 Å². The smallest absolute Gasteiger partial charge is 0.254 e. The molecule has 1 aromatic heterocycles. The van der Waals surface area contributed by atoms with Crippen LogP contribution in [0.2, 0.25) is 0 Å². The number of nitrogens with two attached hydrogens (primary N) is 1. The average Bonchev–Trinajstić information content (AvgIpc) is 2.62. The first-order valence-corrected chi connectivity index (χ1v) is 7.80. The van der Waals surface area contributed by atoms with E-state index in [0.29, 0.717) is 34.8 Å². The third-order valence-corrected chi connectivity index (χ3v) is 3.61. The fraction of sp³-hybridized carbons (Fsp3) is 0.158. The number of carbonyl (C=O) groups excluding carboxylic acids is 1. The molecule has 0 atom stereocenters. The monoisotopic (exact) mass is 338 g/mol. The summed E-state index contributed by atoms with van der Waals surface area (Å²) in [5, 5.41) is 0.716. The Labute approximate surface area is 144 Å². The molecule has 2 aromatic carbocycles. The molecule has 0 radical (unpaired) electrons. The molecule has 0 fully saturated rings. The fourth-order valence-corrected chi connectivity index (χ4v) is 2.43. The Morgan fingerprint density at radius 2 is 1.96 bits per heavy atom. The van der Waals surface area contributed by atoms with Crippen LogP contribution in [0.3, 0.4) is 0 Å². The van der Waals surface area contributed by atoms with Gasteiger partial charge in [0.1, 0.15) is 11.3 Å². The molecule has 6 nitrogen and oxygen atoms in total.